The molecule has 4 atom stereocenters. The van der Waals surface area contributed by atoms with Gasteiger partial charge in [0.2, 0.25) is 0 Å². The normalized spacial score (nSPS) is 54.7. The van der Waals surface area contributed by atoms with Crippen LogP contribution in [0.25, 0.3) is 0 Å². The molecule has 1 rings (SSSR count). The summed E-state index contributed by atoms with van der Waals surface area (Å²) in [6, 6.07) is 0. The summed E-state index contributed by atoms with van der Waals surface area (Å²) < 4.78 is 0. The van der Waals surface area contributed by atoms with Crippen molar-refractivity contribution in [1.82, 2.24) is 0 Å². The van der Waals surface area contributed by atoms with E-state index in [1.54, 1.807) is 13.8 Å². The monoisotopic (exact) mass is 246 g/mol. The molecule has 0 heterocycles. The number of hydrogen-bond acceptors (Lipinski definition) is 4. The van der Waals surface area contributed by atoms with Crippen LogP contribution in [0.1, 0.15) is 48.0 Å². The highest BCUT2D eigenvalue weighted by Crippen LogP contribution is 2.60. The molecule has 1 fully saturated rings. The van der Waals surface area contributed by atoms with Crippen LogP contribution in [0.3, 0.4) is 0 Å². The lowest BCUT2D eigenvalue weighted by molar-refractivity contribution is -0.332. The molecule has 0 aromatic carbocycles. The third-order valence-corrected chi connectivity index (χ3v) is 5.57. The second-order valence-corrected chi connectivity index (χ2v) is 7.00. The fourth-order valence-corrected chi connectivity index (χ4v) is 3.25. The zero-order chi connectivity index (χ0) is 13.9. The summed E-state index contributed by atoms with van der Waals surface area (Å²) in [5, 5.41) is 41.4. The van der Waals surface area contributed by atoms with Gasteiger partial charge < -0.3 is 20.4 Å². The maximum absolute atomic E-state index is 10.6. The SMILES string of the molecule is CC1(C)CC(C)(CO)[C@@](C)(O)C(C)(O)C1(C)O. The predicted molar refractivity (Wildman–Crippen MR) is 65.5 cm³/mol. The Morgan fingerprint density at radius 2 is 1.18 bits per heavy atom. The largest absolute Gasteiger partial charge is 0.396 e. The third kappa shape index (κ3) is 1.51. The Balaban J connectivity index is 3.46. The van der Waals surface area contributed by atoms with Gasteiger partial charge in [0.25, 0.3) is 0 Å². The van der Waals surface area contributed by atoms with E-state index in [1.807, 2.05) is 13.8 Å². The van der Waals surface area contributed by atoms with Crippen molar-refractivity contribution in [1.29, 1.82) is 0 Å². The van der Waals surface area contributed by atoms with E-state index >= 15 is 0 Å². The molecule has 1 aliphatic carbocycles. The summed E-state index contributed by atoms with van der Waals surface area (Å²) in [6.07, 6.45) is 0.423. The van der Waals surface area contributed by atoms with Crippen molar-refractivity contribution in [3.63, 3.8) is 0 Å². The summed E-state index contributed by atoms with van der Waals surface area (Å²) in [7, 11) is 0. The van der Waals surface area contributed by atoms with Crippen LogP contribution in [-0.2, 0) is 0 Å². The minimum absolute atomic E-state index is 0.240. The Labute approximate surface area is 103 Å². The summed E-state index contributed by atoms with van der Waals surface area (Å²) in [5.74, 6) is 0. The van der Waals surface area contributed by atoms with E-state index in [4.69, 9.17) is 0 Å². The highest BCUT2D eigenvalue weighted by atomic mass is 16.4. The first-order valence-electron chi connectivity index (χ1n) is 6.05. The Morgan fingerprint density at radius 1 is 0.765 bits per heavy atom. The average Bonchev–Trinajstić information content (AvgIpc) is 2.14. The van der Waals surface area contributed by atoms with Gasteiger partial charge in [-0.25, -0.2) is 0 Å². The van der Waals surface area contributed by atoms with Gasteiger partial charge in [0.05, 0.1) is 12.2 Å². The molecule has 0 spiro atoms. The molecule has 3 unspecified atom stereocenters. The first-order chi connectivity index (χ1) is 7.27. The molecular formula is C13H26O4. The Hall–Kier alpha value is -0.160. The van der Waals surface area contributed by atoms with E-state index in [1.165, 1.54) is 13.8 Å². The van der Waals surface area contributed by atoms with Gasteiger partial charge in [-0.3, -0.25) is 0 Å². The maximum Gasteiger partial charge on any atom is 0.120 e. The van der Waals surface area contributed by atoms with E-state index in [0.717, 1.165) is 0 Å². The van der Waals surface area contributed by atoms with Crippen LogP contribution in [0.5, 0.6) is 0 Å². The zero-order valence-corrected chi connectivity index (χ0v) is 11.7. The van der Waals surface area contributed by atoms with Gasteiger partial charge in [-0.1, -0.05) is 20.8 Å². The van der Waals surface area contributed by atoms with E-state index in [-0.39, 0.29) is 6.61 Å². The Kier molecular flexibility index (Phi) is 3.02. The quantitative estimate of drug-likeness (QED) is 0.548. The van der Waals surface area contributed by atoms with E-state index in [9.17, 15) is 20.4 Å². The molecule has 4 N–H and O–H groups in total. The standard InChI is InChI=1S/C13H26O4/c1-9(2)7-10(3,8-14)12(5,16)13(6,17)11(9,4)15/h14-17H,7-8H2,1-6H3/t10?,11?,12-,13?/m1/s1. The lowest BCUT2D eigenvalue weighted by Gasteiger charge is -2.65. The molecule has 1 saturated carbocycles. The maximum atomic E-state index is 10.6. The molecule has 0 radical (unpaired) electrons. The van der Waals surface area contributed by atoms with Gasteiger partial charge in [-0.05, 0) is 32.6 Å². The lowest BCUT2D eigenvalue weighted by atomic mass is 9.46. The second-order valence-electron chi connectivity index (χ2n) is 7.00. The van der Waals surface area contributed by atoms with E-state index < -0.39 is 27.6 Å². The molecule has 0 aliphatic heterocycles. The smallest absolute Gasteiger partial charge is 0.120 e. The molecule has 1 aliphatic rings. The van der Waals surface area contributed by atoms with Crippen molar-refractivity contribution in [2.24, 2.45) is 10.8 Å². The van der Waals surface area contributed by atoms with Crippen molar-refractivity contribution < 1.29 is 20.4 Å². The molecule has 0 aromatic heterocycles. The molecule has 17 heavy (non-hydrogen) atoms. The Morgan fingerprint density at radius 3 is 1.53 bits per heavy atom. The number of aliphatic hydroxyl groups excluding tert-OH is 1. The fraction of sp³-hybridized carbons (Fsp3) is 1.00. The van der Waals surface area contributed by atoms with E-state index in [2.05, 4.69) is 0 Å². The van der Waals surface area contributed by atoms with Gasteiger partial charge in [-0.2, -0.15) is 0 Å². The molecule has 102 valence electrons. The minimum atomic E-state index is -1.71. The number of aliphatic hydroxyl groups is 4. The van der Waals surface area contributed by atoms with Crippen molar-refractivity contribution in [2.75, 3.05) is 6.61 Å². The molecule has 0 aromatic rings. The topological polar surface area (TPSA) is 80.9 Å². The first-order valence-corrected chi connectivity index (χ1v) is 6.05. The summed E-state index contributed by atoms with van der Waals surface area (Å²) in [4.78, 5) is 0. The van der Waals surface area contributed by atoms with Crippen molar-refractivity contribution in [3.05, 3.63) is 0 Å². The molecule has 0 saturated heterocycles. The Bertz CT molecular complexity index is 317. The zero-order valence-electron chi connectivity index (χ0n) is 11.7. The predicted octanol–water partition coefficient (Wildman–Crippen LogP) is 0.668. The van der Waals surface area contributed by atoms with Crippen molar-refractivity contribution in [2.45, 2.75) is 64.8 Å². The highest BCUT2D eigenvalue weighted by Gasteiger charge is 2.70. The van der Waals surface area contributed by atoms with E-state index in [0.29, 0.717) is 6.42 Å². The van der Waals surface area contributed by atoms with Crippen LogP contribution in [0.15, 0.2) is 0 Å². The summed E-state index contributed by atoms with van der Waals surface area (Å²) >= 11 is 0. The van der Waals surface area contributed by atoms with Crippen LogP contribution in [-0.4, -0.2) is 43.8 Å². The number of rotatable bonds is 1. The third-order valence-electron chi connectivity index (χ3n) is 5.57. The van der Waals surface area contributed by atoms with Gasteiger partial charge in [0, 0.05) is 5.41 Å². The molecular weight excluding hydrogens is 220 g/mol. The summed E-state index contributed by atoms with van der Waals surface area (Å²) in [5.41, 5.74) is -6.20. The van der Waals surface area contributed by atoms with Gasteiger partial charge in [0.15, 0.2) is 0 Å². The lowest BCUT2D eigenvalue weighted by Crippen LogP contribution is -2.78. The van der Waals surface area contributed by atoms with Crippen LogP contribution in [0, 0.1) is 10.8 Å². The molecule has 0 bridgehead atoms. The highest BCUT2D eigenvalue weighted by molar-refractivity contribution is 5.21. The van der Waals surface area contributed by atoms with Crippen molar-refractivity contribution in [3.8, 4) is 0 Å². The van der Waals surface area contributed by atoms with Gasteiger partial charge in [0.1, 0.15) is 11.2 Å². The molecule has 4 heteroatoms. The first kappa shape index (κ1) is 14.9. The second kappa shape index (κ2) is 3.44. The van der Waals surface area contributed by atoms with Crippen LogP contribution >= 0.6 is 0 Å². The van der Waals surface area contributed by atoms with Crippen LogP contribution in [0.2, 0.25) is 0 Å². The average molecular weight is 246 g/mol. The van der Waals surface area contributed by atoms with Gasteiger partial charge >= 0.3 is 0 Å². The van der Waals surface area contributed by atoms with Crippen LogP contribution < -0.4 is 0 Å². The molecule has 4 nitrogen and oxygen atoms in total. The fourth-order valence-electron chi connectivity index (χ4n) is 3.25. The van der Waals surface area contributed by atoms with Gasteiger partial charge in [-0.15, -0.1) is 0 Å². The van der Waals surface area contributed by atoms with Crippen molar-refractivity contribution >= 4 is 0 Å². The number of hydrogen-bond donors (Lipinski definition) is 4. The van der Waals surface area contributed by atoms with Crippen LogP contribution in [0.4, 0.5) is 0 Å². The summed E-state index contributed by atoms with van der Waals surface area (Å²) in [6.45, 7) is 9.62. The minimum Gasteiger partial charge on any atom is -0.396 e. The molecule has 0 amide bonds.